The van der Waals surface area contributed by atoms with E-state index in [9.17, 15) is 9.90 Å². The van der Waals surface area contributed by atoms with Crippen molar-refractivity contribution in [2.24, 2.45) is 5.92 Å². The highest BCUT2D eigenvalue weighted by atomic mass is 16.4. The SMILES string of the molecule is O=C(O)c1cccc(C#Cc2ccc(CN3CCC(CCO)CC3)cc2)c1-c1ccc2cc[nH]c2c1. The molecular formula is C31H30N2O3. The zero-order valence-corrected chi connectivity index (χ0v) is 20.2. The molecule has 0 spiro atoms. The quantitative estimate of drug-likeness (QED) is 0.319. The Morgan fingerprint density at radius 1 is 1.00 bits per heavy atom. The number of nitrogens with one attached hydrogen (secondary N) is 1. The fraction of sp³-hybridized carbons (Fsp3) is 0.258. The van der Waals surface area contributed by atoms with Gasteiger partial charge in [-0.05, 0) is 91.2 Å². The van der Waals surface area contributed by atoms with E-state index in [1.54, 1.807) is 12.1 Å². The van der Waals surface area contributed by atoms with Crippen LogP contribution in [0.2, 0.25) is 0 Å². The minimum absolute atomic E-state index is 0.241. The molecule has 4 aromatic rings. The van der Waals surface area contributed by atoms with Crippen molar-refractivity contribution >= 4 is 16.9 Å². The summed E-state index contributed by atoms with van der Waals surface area (Å²) in [4.78, 5) is 17.7. The van der Waals surface area contributed by atoms with Crippen LogP contribution in [0, 0.1) is 17.8 Å². The van der Waals surface area contributed by atoms with Gasteiger partial charge in [0.2, 0.25) is 0 Å². The van der Waals surface area contributed by atoms with Crippen LogP contribution in [0.25, 0.3) is 22.0 Å². The number of aliphatic hydroxyl groups excluding tert-OH is 1. The molecule has 0 aliphatic carbocycles. The number of fused-ring (bicyclic) bond motifs is 1. The Hall–Kier alpha value is -3.85. The summed E-state index contributed by atoms with van der Waals surface area (Å²) in [5.41, 5.74) is 5.50. The van der Waals surface area contributed by atoms with Crippen LogP contribution in [-0.2, 0) is 6.54 Å². The predicted octanol–water partition coefficient (Wildman–Crippen LogP) is 5.53. The molecule has 182 valence electrons. The van der Waals surface area contributed by atoms with Crippen LogP contribution in [-0.4, -0.2) is 45.8 Å². The molecule has 0 saturated carbocycles. The molecule has 3 N–H and O–H groups in total. The van der Waals surface area contributed by atoms with Crippen LogP contribution in [0.15, 0.2) is 72.9 Å². The van der Waals surface area contributed by atoms with Gasteiger partial charge in [-0.3, -0.25) is 4.90 Å². The lowest BCUT2D eigenvalue weighted by atomic mass is 9.93. The highest BCUT2D eigenvalue weighted by Gasteiger charge is 2.19. The van der Waals surface area contributed by atoms with Crippen molar-refractivity contribution in [2.45, 2.75) is 25.8 Å². The Kier molecular flexibility index (Phi) is 7.18. The monoisotopic (exact) mass is 478 g/mol. The summed E-state index contributed by atoms with van der Waals surface area (Å²) in [5, 5.41) is 20.1. The van der Waals surface area contributed by atoms with Crippen LogP contribution < -0.4 is 0 Å². The Morgan fingerprint density at radius 2 is 1.81 bits per heavy atom. The molecule has 0 amide bonds. The van der Waals surface area contributed by atoms with Gasteiger partial charge < -0.3 is 15.2 Å². The van der Waals surface area contributed by atoms with Gasteiger partial charge in [0, 0.05) is 41.6 Å². The molecule has 3 aromatic carbocycles. The average Bonchev–Trinajstić information content (AvgIpc) is 3.37. The van der Waals surface area contributed by atoms with E-state index in [4.69, 9.17) is 5.11 Å². The van der Waals surface area contributed by atoms with Crippen molar-refractivity contribution in [1.29, 1.82) is 0 Å². The summed E-state index contributed by atoms with van der Waals surface area (Å²) in [6.07, 6.45) is 5.09. The van der Waals surface area contributed by atoms with E-state index in [1.165, 1.54) is 5.56 Å². The fourth-order valence-corrected chi connectivity index (χ4v) is 5.06. The van der Waals surface area contributed by atoms with E-state index in [0.29, 0.717) is 17.0 Å². The smallest absolute Gasteiger partial charge is 0.336 e. The second kappa shape index (κ2) is 10.8. The second-order valence-electron chi connectivity index (χ2n) is 9.49. The Morgan fingerprint density at radius 3 is 2.56 bits per heavy atom. The van der Waals surface area contributed by atoms with Gasteiger partial charge in [0.15, 0.2) is 0 Å². The minimum atomic E-state index is -0.968. The molecule has 0 atom stereocenters. The van der Waals surface area contributed by atoms with Crippen molar-refractivity contribution in [3.05, 3.63) is 95.2 Å². The van der Waals surface area contributed by atoms with Gasteiger partial charge in [-0.25, -0.2) is 4.79 Å². The first-order chi connectivity index (χ1) is 17.6. The van der Waals surface area contributed by atoms with Gasteiger partial charge in [-0.2, -0.15) is 0 Å². The van der Waals surface area contributed by atoms with E-state index < -0.39 is 5.97 Å². The van der Waals surface area contributed by atoms with E-state index in [2.05, 4.69) is 33.9 Å². The zero-order chi connectivity index (χ0) is 24.9. The van der Waals surface area contributed by atoms with Crippen molar-refractivity contribution < 1.29 is 15.0 Å². The minimum Gasteiger partial charge on any atom is -0.478 e. The number of hydrogen-bond donors (Lipinski definition) is 3. The molecule has 1 aliphatic rings. The van der Waals surface area contributed by atoms with Crippen LogP contribution in [0.4, 0.5) is 0 Å². The lowest BCUT2D eigenvalue weighted by molar-refractivity contribution is 0.0697. The average molecular weight is 479 g/mol. The van der Waals surface area contributed by atoms with Crippen molar-refractivity contribution in [3.63, 3.8) is 0 Å². The van der Waals surface area contributed by atoms with Crippen LogP contribution in [0.5, 0.6) is 0 Å². The Bertz CT molecular complexity index is 1420. The molecule has 1 aromatic heterocycles. The number of likely N-dealkylation sites (tertiary alicyclic amines) is 1. The summed E-state index contributed by atoms with van der Waals surface area (Å²) in [7, 11) is 0. The third-order valence-corrected chi connectivity index (χ3v) is 7.08. The molecule has 0 radical (unpaired) electrons. The number of rotatable bonds is 6. The topological polar surface area (TPSA) is 76.6 Å². The highest BCUT2D eigenvalue weighted by molar-refractivity contribution is 5.99. The molecule has 1 saturated heterocycles. The predicted molar refractivity (Wildman–Crippen MR) is 143 cm³/mol. The maximum Gasteiger partial charge on any atom is 0.336 e. The summed E-state index contributed by atoms with van der Waals surface area (Å²) >= 11 is 0. The first-order valence-electron chi connectivity index (χ1n) is 12.5. The number of nitrogens with zero attached hydrogens (tertiary/aromatic N) is 1. The maximum absolute atomic E-state index is 12.0. The first-order valence-corrected chi connectivity index (χ1v) is 12.5. The van der Waals surface area contributed by atoms with Gasteiger partial charge in [0.1, 0.15) is 0 Å². The standard InChI is InChI=1S/C31H30N2O3/c34-19-15-23-13-17-33(18-14-23)21-24-6-4-22(5-7-24)8-9-26-2-1-3-28(31(35)36)30(26)27-11-10-25-12-16-32-29(25)20-27/h1-7,10-12,16,20,23,32,34H,13-15,17-19,21H2,(H,35,36). The Labute approximate surface area is 211 Å². The molecule has 0 unspecified atom stereocenters. The van der Waals surface area contributed by atoms with Crippen LogP contribution in [0.3, 0.4) is 0 Å². The summed E-state index contributed by atoms with van der Waals surface area (Å²) in [5.74, 6) is 6.14. The third kappa shape index (κ3) is 5.36. The van der Waals surface area contributed by atoms with E-state index >= 15 is 0 Å². The Balaban J connectivity index is 1.36. The third-order valence-electron chi connectivity index (χ3n) is 7.08. The largest absolute Gasteiger partial charge is 0.478 e. The maximum atomic E-state index is 12.0. The van der Waals surface area contributed by atoms with Crippen molar-refractivity contribution in [1.82, 2.24) is 9.88 Å². The lowest BCUT2D eigenvalue weighted by Gasteiger charge is -2.31. The van der Waals surface area contributed by atoms with Crippen LogP contribution in [0.1, 0.15) is 46.3 Å². The number of aromatic nitrogens is 1. The molecule has 5 nitrogen and oxygen atoms in total. The molecule has 0 bridgehead atoms. The number of carboxylic acids is 1. The first kappa shape index (κ1) is 23.9. The molecule has 1 aliphatic heterocycles. The van der Waals surface area contributed by atoms with Gasteiger partial charge in [-0.1, -0.05) is 42.2 Å². The lowest BCUT2D eigenvalue weighted by Crippen LogP contribution is -2.33. The summed E-state index contributed by atoms with van der Waals surface area (Å²) in [6.45, 7) is 3.36. The molecule has 36 heavy (non-hydrogen) atoms. The molecular weight excluding hydrogens is 448 g/mol. The van der Waals surface area contributed by atoms with Crippen molar-refractivity contribution in [2.75, 3.05) is 19.7 Å². The van der Waals surface area contributed by atoms with Crippen LogP contribution >= 0.6 is 0 Å². The second-order valence-corrected chi connectivity index (χ2v) is 9.49. The molecule has 2 heterocycles. The summed E-state index contributed by atoms with van der Waals surface area (Å²) < 4.78 is 0. The number of benzene rings is 3. The van der Waals surface area contributed by atoms with Gasteiger partial charge in [0.05, 0.1) is 5.56 Å². The number of carboxylic acid groups (broad SMARTS) is 1. The van der Waals surface area contributed by atoms with Gasteiger partial charge >= 0.3 is 5.97 Å². The summed E-state index contributed by atoms with van der Waals surface area (Å²) in [6, 6.07) is 21.5. The number of carbonyl (C=O) groups is 1. The van der Waals surface area contributed by atoms with Gasteiger partial charge in [-0.15, -0.1) is 0 Å². The number of aliphatic hydroxyl groups is 1. The van der Waals surface area contributed by atoms with E-state index in [1.807, 2.05) is 48.7 Å². The fourth-order valence-electron chi connectivity index (χ4n) is 5.06. The van der Waals surface area contributed by atoms with E-state index in [0.717, 1.165) is 60.9 Å². The number of piperidine rings is 1. The molecule has 1 fully saturated rings. The molecule has 5 heteroatoms. The molecule has 5 rings (SSSR count). The number of H-pyrrole nitrogens is 1. The normalized spacial score (nSPS) is 14.5. The van der Waals surface area contributed by atoms with Crippen molar-refractivity contribution in [3.8, 4) is 23.0 Å². The number of aromatic carboxylic acids is 1. The van der Waals surface area contributed by atoms with E-state index in [-0.39, 0.29) is 12.2 Å². The van der Waals surface area contributed by atoms with Gasteiger partial charge in [0.25, 0.3) is 0 Å². The zero-order valence-electron chi connectivity index (χ0n) is 20.2. The highest BCUT2D eigenvalue weighted by Crippen LogP contribution is 2.30. The number of aromatic amines is 1. The number of hydrogen-bond acceptors (Lipinski definition) is 3.